The maximum absolute atomic E-state index is 6.71. The summed E-state index contributed by atoms with van der Waals surface area (Å²) in [4.78, 5) is 0. The third-order valence-electron chi connectivity index (χ3n) is 6.47. The lowest BCUT2D eigenvalue weighted by atomic mass is 9.83. The minimum atomic E-state index is -0.0785. The molecule has 0 aliphatic heterocycles. The summed E-state index contributed by atoms with van der Waals surface area (Å²) in [5.41, 5.74) is 6.39. The van der Waals surface area contributed by atoms with Crippen molar-refractivity contribution in [3.05, 3.63) is 101 Å². The zero-order valence-corrected chi connectivity index (χ0v) is 21.6. The molecule has 0 aromatic heterocycles. The molecular formula is C31H40O3. The first-order chi connectivity index (χ1) is 16.4. The van der Waals surface area contributed by atoms with Gasteiger partial charge in [-0.2, -0.15) is 0 Å². The molecule has 3 aromatic carbocycles. The highest BCUT2D eigenvalue weighted by Gasteiger charge is 2.24. The van der Waals surface area contributed by atoms with Crippen LogP contribution in [0.25, 0.3) is 0 Å². The van der Waals surface area contributed by atoms with Gasteiger partial charge in [-0.05, 0) is 29.5 Å². The second kappa shape index (κ2) is 12.7. The van der Waals surface area contributed by atoms with Crippen LogP contribution in [0.1, 0.15) is 80.2 Å². The van der Waals surface area contributed by atoms with E-state index in [1.807, 2.05) is 0 Å². The van der Waals surface area contributed by atoms with Gasteiger partial charge in [0.2, 0.25) is 0 Å². The summed E-state index contributed by atoms with van der Waals surface area (Å²) in [6.07, 6.45) is -0.0785. The van der Waals surface area contributed by atoms with Crippen molar-refractivity contribution < 1.29 is 14.2 Å². The van der Waals surface area contributed by atoms with E-state index in [0.29, 0.717) is 25.7 Å². The van der Waals surface area contributed by atoms with Gasteiger partial charge >= 0.3 is 0 Å². The van der Waals surface area contributed by atoms with Gasteiger partial charge in [0.25, 0.3) is 0 Å². The number of hydrogen-bond donors (Lipinski definition) is 0. The molecule has 0 saturated heterocycles. The minimum Gasteiger partial charge on any atom is -0.488 e. The summed E-state index contributed by atoms with van der Waals surface area (Å²) in [6.45, 7) is 12.8. The van der Waals surface area contributed by atoms with Gasteiger partial charge in [-0.25, -0.2) is 0 Å². The maximum atomic E-state index is 6.71. The Labute approximate surface area is 206 Å². The average Bonchev–Trinajstić information content (AvgIpc) is 2.86. The van der Waals surface area contributed by atoms with Crippen molar-refractivity contribution in [3.8, 4) is 5.75 Å². The molecule has 0 aliphatic rings. The number of benzene rings is 3. The van der Waals surface area contributed by atoms with E-state index in [2.05, 4.69) is 107 Å². The lowest BCUT2D eigenvalue weighted by Gasteiger charge is -2.28. The topological polar surface area (TPSA) is 27.7 Å². The molecule has 0 aliphatic carbocycles. The number of methoxy groups -OCH3 is 1. The first-order valence-corrected chi connectivity index (χ1v) is 12.4. The summed E-state index contributed by atoms with van der Waals surface area (Å²) in [6, 6.07) is 26.1. The zero-order valence-electron chi connectivity index (χ0n) is 21.6. The molecule has 182 valence electrons. The summed E-state index contributed by atoms with van der Waals surface area (Å²) in [7, 11) is 1.69. The van der Waals surface area contributed by atoms with Crippen LogP contribution in [0.4, 0.5) is 0 Å². The standard InChI is InChI=1S/C31H40O3/c1-22(2)28-19-29(24(4)26-13-9-7-10-14-26)31(34-23(3)21-33-18-17-32-6)30(20-28)25(5)27-15-11-8-12-16-27/h7-16,19-20,22-25H,17-18,21H2,1-6H3. The molecule has 0 bridgehead atoms. The highest BCUT2D eigenvalue weighted by atomic mass is 16.5. The number of rotatable bonds is 12. The van der Waals surface area contributed by atoms with Crippen LogP contribution in [-0.2, 0) is 9.47 Å². The summed E-state index contributed by atoms with van der Waals surface area (Å²) in [5, 5.41) is 0. The van der Waals surface area contributed by atoms with Gasteiger partial charge < -0.3 is 14.2 Å². The molecule has 0 radical (unpaired) electrons. The SMILES string of the molecule is COCCOCC(C)Oc1c(C(C)c2ccccc2)cc(C(C)C)cc1C(C)c1ccccc1. The number of ether oxygens (including phenoxy) is 3. The van der Waals surface area contributed by atoms with Gasteiger partial charge in [-0.1, -0.05) is 100 Å². The fourth-order valence-corrected chi connectivity index (χ4v) is 4.28. The van der Waals surface area contributed by atoms with E-state index in [0.717, 1.165) is 5.75 Å². The van der Waals surface area contributed by atoms with E-state index in [4.69, 9.17) is 14.2 Å². The molecule has 0 fully saturated rings. The third-order valence-corrected chi connectivity index (χ3v) is 6.47. The quantitative estimate of drug-likeness (QED) is 0.261. The Kier molecular flexibility index (Phi) is 9.74. The van der Waals surface area contributed by atoms with Gasteiger partial charge in [-0.15, -0.1) is 0 Å². The van der Waals surface area contributed by atoms with Gasteiger partial charge in [0, 0.05) is 30.1 Å². The Bertz CT molecular complexity index is 931. The minimum absolute atomic E-state index is 0.0785. The largest absolute Gasteiger partial charge is 0.488 e. The Morgan fingerprint density at radius 1 is 0.647 bits per heavy atom. The van der Waals surface area contributed by atoms with Crippen LogP contribution in [0.3, 0.4) is 0 Å². The van der Waals surface area contributed by atoms with Crippen LogP contribution in [0, 0.1) is 0 Å². The van der Waals surface area contributed by atoms with E-state index in [9.17, 15) is 0 Å². The predicted molar refractivity (Wildman–Crippen MR) is 141 cm³/mol. The van der Waals surface area contributed by atoms with Crippen molar-refractivity contribution in [3.63, 3.8) is 0 Å². The molecule has 0 spiro atoms. The maximum Gasteiger partial charge on any atom is 0.127 e. The normalized spacial score (nSPS) is 14.1. The van der Waals surface area contributed by atoms with Crippen LogP contribution in [0.5, 0.6) is 5.75 Å². The second-order valence-corrected chi connectivity index (χ2v) is 9.44. The predicted octanol–water partition coefficient (Wildman–Crippen LogP) is 7.54. The lowest BCUT2D eigenvalue weighted by molar-refractivity contribution is 0.0280. The molecule has 3 unspecified atom stereocenters. The van der Waals surface area contributed by atoms with E-state index in [1.54, 1.807) is 7.11 Å². The van der Waals surface area contributed by atoms with Crippen LogP contribution in [0.15, 0.2) is 72.8 Å². The van der Waals surface area contributed by atoms with Crippen molar-refractivity contribution in [2.24, 2.45) is 0 Å². The van der Waals surface area contributed by atoms with Crippen molar-refractivity contribution >= 4 is 0 Å². The van der Waals surface area contributed by atoms with Crippen molar-refractivity contribution in [1.29, 1.82) is 0 Å². The van der Waals surface area contributed by atoms with Crippen LogP contribution in [0.2, 0.25) is 0 Å². The fraction of sp³-hybridized carbons (Fsp3) is 0.419. The van der Waals surface area contributed by atoms with E-state index >= 15 is 0 Å². The second-order valence-electron chi connectivity index (χ2n) is 9.44. The summed E-state index contributed by atoms with van der Waals surface area (Å²) < 4.78 is 17.6. The molecule has 3 rings (SSSR count). The molecule has 34 heavy (non-hydrogen) atoms. The van der Waals surface area contributed by atoms with E-state index < -0.39 is 0 Å². The van der Waals surface area contributed by atoms with Gasteiger partial charge in [0.05, 0.1) is 19.8 Å². The summed E-state index contributed by atoms with van der Waals surface area (Å²) in [5.74, 6) is 1.82. The summed E-state index contributed by atoms with van der Waals surface area (Å²) >= 11 is 0. The van der Waals surface area contributed by atoms with Crippen LogP contribution in [-0.4, -0.2) is 33.0 Å². The van der Waals surface area contributed by atoms with Crippen molar-refractivity contribution in [2.45, 2.75) is 58.5 Å². The highest BCUT2D eigenvalue weighted by molar-refractivity contribution is 5.53. The Morgan fingerprint density at radius 2 is 1.15 bits per heavy atom. The lowest BCUT2D eigenvalue weighted by Crippen LogP contribution is -2.22. The molecule has 0 heterocycles. The molecular weight excluding hydrogens is 420 g/mol. The van der Waals surface area contributed by atoms with E-state index in [1.165, 1.54) is 27.8 Å². The Hall–Kier alpha value is -2.62. The molecule has 0 saturated carbocycles. The molecule has 0 N–H and O–H groups in total. The molecule has 3 heteroatoms. The molecule has 0 amide bonds. The first kappa shape index (κ1) is 26.0. The molecule has 3 nitrogen and oxygen atoms in total. The Morgan fingerprint density at radius 3 is 1.59 bits per heavy atom. The van der Waals surface area contributed by atoms with Gasteiger partial charge in [-0.3, -0.25) is 0 Å². The van der Waals surface area contributed by atoms with Crippen molar-refractivity contribution in [2.75, 3.05) is 26.9 Å². The molecule has 3 aromatic rings. The van der Waals surface area contributed by atoms with Crippen LogP contribution >= 0.6 is 0 Å². The van der Waals surface area contributed by atoms with Gasteiger partial charge in [0.15, 0.2) is 0 Å². The number of hydrogen-bond acceptors (Lipinski definition) is 3. The highest BCUT2D eigenvalue weighted by Crippen LogP contribution is 2.42. The van der Waals surface area contributed by atoms with Gasteiger partial charge in [0.1, 0.15) is 11.9 Å². The van der Waals surface area contributed by atoms with Crippen LogP contribution < -0.4 is 4.74 Å². The third kappa shape index (κ3) is 6.71. The zero-order chi connectivity index (χ0) is 24.5. The monoisotopic (exact) mass is 460 g/mol. The van der Waals surface area contributed by atoms with Crippen molar-refractivity contribution in [1.82, 2.24) is 0 Å². The Balaban J connectivity index is 2.08. The first-order valence-electron chi connectivity index (χ1n) is 12.4. The van der Waals surface area contributed by atoms with E-state index in [-0.39, 0.29) is 17.9 Å². The smallest absolute Gasteiger partial charge is 0.127 e. The fourth-order valence-electron chi connectivity index (χ4n) is 4.28. The molecule has 3 atom stereocenters. The average molecular weight is 461 g/mol.